The third-order valence-corrected chi connectivity index (χ3v) is 6.34. The number of ether oxygens (including phenoxy) is 1. The monoisotopic (exact) mass is 457 g/mol. The number of aryl methyl sites for hydroxylation is 2. The highest BCUT2D eigenvalue weighted by Gasteiger charge is 2.20. The van der Waals surface area contributed by atoms with E-state index in [4.69, 9.17) is 4.74 Å². The van der Waals surface area contributed by atoms with Crippen LogP contribution in [-0.2, 0) is 21.3 Å². The highest BCUT2D eigenvalue weighted by molar-refractivity contribution is 9.10. The number of esters is 1. The second-order valence-corrected chi connectivity index (χ2v) is 9.02. The number of halogens is 1. The van der Waals surface area contributed by atoms with Crippen molar-refractivity contribution in [3.8, 4) is 0 Å². The average molecular weight is 458 g/mol. The van der Waals surface area contributed by atoms with E-state index in [0.29, 0.717) is 16.6 Å². The van der Waals surface area contributed by atoms with Gasteiger partial charge in [0.25, 0.3) is 0 Å². The van der Waals surface area contributed by atoms with Crippen molar-refractivity contribution in [1.29, 1.82) is 0 Å². The number of nitrogens with one attached hydrogen (secondary N) is 1. The van der Waals surface area contributed by atoms with E-state index < -0.39 is 16.0 Å². The molecule has 0 spiro atoms. The van der Waals surface area contributed by atoms with Crippen molar-refractivity contribution in [1.82, 2.24) is 14.5 Å². The van der Waals surface area contributed by atoms with Crippen molar-refractivity contribution in [3.05, 3.63) is 45.7 Å². The molecule has 1 aromatic heterocycles. The van der Waals surface area contributed by atoms with Crippen LogP contribution < -0.4 is 4.72 Å². The first-order valence-corrected chi connectivity index (χ1v) is 10.9. The molecule has 1 aromatic carbocycles. The maximum Gasteiger partial charge on any atom is 0.338 e. The number of hydrogen-bond donors (Lipinski definition) is 1. The van der Waals surface area contributed by atoms with Crippen LogP contribution in [0.5, 0.6) is 0 Å². The Morgan fingerprint density at radius 3 is 2.59 bits per heavy atom. The molecule has 2 rings (SSSR count). The molecule has 0 radical (unpaired) electrons. The molecule has 27 heavy (non-hydrogen) atoms. The second kappa shape index (κ2) is 8.99. The third-order valence-electron chi connectivity index (χ3n) is 3.94. The third kappa shape index (κ3) is 5.63. The maximum atomic E-state index is 12.6. The summed E-state index contributed by atoms with van der Waals surface area (Å²) in [4.78, 5) is 11.8. The maximum absolute atomic E-state index is 12.6. The zero-order chi connectivity index (χ0) is 20.2. The van der Waals surface area contributed by atoms with E-state index in [1.165, 1.54) is 18.2 Å². The lowest BCUT2D eigenvalue weighted by atomic mass is 10.2. The quantitative estimate of drug-likeness (QED) is 0.615. The number of benzene rings is 1. The molecule has 0 aliphatic carbocycles. The molecule has 0 fully saturated rings. The topological polar surface area (TPSA) is 90.3 Å². The zero-order valence-electron chi connectivity index (χ0n) is 15.8. The van der Waals surface area contributed by atoms with Crippen LogP contribution in [0.25, 0.3) is 0 Å². The van der Waals surface area contributed by atoms with E-state index in [1.807, 2.05) is 31.5 Å². The summed E-state index contributed by atoms with van der Waals surface area (Å²) in [6.45, 7) is 8.71. The van der Waals surface area contributed by atoms with Crippen LogP contribution >= 0.6 is 15.9 Å². The summed E-state index contributed by atoms with van der Waals surface area (Å²) in [5, 5.41) is 4.40. The van der Waals surface area contributed by atoms with Crippen molar-refractivity contribution >= 4 is 31.9 Å². The molecule has 7 nitrogen and oxygen atoms in total. The Hall–Kier alpha value is -1.71. The van der Waals surface area contributed by atoms with Crippen molar-refractivity contribution in [2.75, 3.05) is 13.2 Å². The molecule has 1 unspecified atom stereocenters. The van der Waals surface area contributed by atoms with Crippen molar-refractivity contribution in [3.63, 3.8) is 0 Å². The molecule has 0 saturated heterocycles. The van der Waals surface area contributed by atoms with Gasteiger partial charge in [-0.25, -0.2) is 17.9 Å². The number of aromatic nitrogens is 2. The van der Waals surface area contributed by atoms with E-state index in [1.54, 1.807) is 6.92 Å². The minimum absolute atomic E-state index is 0.0513. The molecule has 9 heteroatoms. The van der Waals surface area contributed by atoms with E-state index >= 15 is 0 Å². The van der Waals surface area contributed by atoms with E-state index in [2.05, 4.69) is 25.8 Å². The van der Waals surface area contributed by atoms with Gasteiger partial charge in [-0.1, -0.05) is 6.92 Å². The molecule has 0 aliphatic rings. The summed E-state index contributed by atoms with van der Waals surface area (Å²) in [6.07, 6.45) is 0. The van der Waals surface area contributed by atoms with Crippen LogP contribution in [-0.4, -0.2) is 37.3 Å². The Balaban J connectivity index is 2.05. The SMILES string of the molecule is CCOC(=O)c1ccc(S(=O)(=O)NCC(C)Cn2nc(C)cc2C)c(Br)c1. The minimum atomic E-state index is -3.72. The molecule has 0 amide bonds. The number of hydrogen-bond acceptors (Lipinski definition) is 5. The lowest BCUT2D eigenvalue weighted by Crippen LogP contribution is -2.30. The molecule has 1 heterocycles. The predicted octanol–water partition coefficient (Wildman–Crippen LogP) is 3.05. The van der Waals surface area contributed by atoms with Gasteiger partial charge in [-0.2, -0.15) is 5.10 Å². The van der Waals surface area contributed by atoms with Crippen molar-refractivity contribution < 1.29 is 17.9 Å². The fourth-order valence-electron chi connectivity index (χ4n) is 2.61. The van der Waals surface area contributed by atoms with E-state index in [-0.39, 0.29) is 24.0 Å². The van der Waals surface area contributed by atoms with Gasteiger partial charge in [-0.05, 0) is 66.9 Å². The molecule has 0 bridgehead atoms. The Labute approximate surface area is 168 Å². The zero-order valence-corrected chi connectivity index (χ0v) is 18.2. The molecular weight excluding hydrogens is 434 g/mol. The Bertz CT molecular complexity index is 925. The summed E-state index contributed by atoms with van der Waals surface area (Å²) in [5.74, 6) is -0.441. The van der Waals surface area contributed by atoms with Crippen LogP contribution in [0.1, 0.15) is 35.6 Å². The lowest BCUT2D eigenvalue weighted by Gasteiger charge is -2.15. The Kier molecular flexibility index (Phi) is 7.19. The molecule has 0 saturated carbocycles. The van der Waals surface area contributed by atoms with Crippen LogP contribution in [0, 0.1) is 19.8 Å². The molecule has 0 aliphatic heterocycles. The lowest BCUT2D eigenvalue weighted by molar-refractivity contribution is 0.0526. The fourth-order valence-corrected chi connectivity index (χ4v) is 4.85. The molecule has 1 atom stereocenters. The summed E-state index contributed by atoms with van der Waals surface area (Å²) in [6, 6.07) is 6.27. The smallest absolute Gasteiger partial charge is 0.338 e. The number of nitrogens with zero attached hydrogens (tertiary/aromatic N) is 2. The number of sulfonamides is 1. The van der Waals surface area contributed by atoms with Gasteiger partial charge in [-0.3, -0.25) is 4.68 Å². The van der Waals surface area contributed by atoms with Crippen molar-refractivity contribution in [2.24, 2.45) is 5.92 Å². The van der Waals surface area contributed by atoms with Gasteiger partial charge in [-0.15, -0.1) is 0 Å². The number of rotatable bonds is 8. The summed E-state index contributed by atoms with van der Waals surface area (Å²) >= 11 is 3.23. The first kappa shape index (κ1) is 21.6. The van der Waals surface area contributed by atoms with Gasteiger partial charge in [0.2, 0.25) is 10.0 Å². The largest absolute Gasteiger partial charge is 0.462 e. The van der Waals surface area contributed by atoms with Gasteiger partial charge < -0.3 is 4.74 Å². The predicted molar refractivity (Wildman–Crippen MR) is 106 cm³/mol. The molecule has 2 aromatic rings. The average Bonchev–Trinajstić information content (AvgIpc) is 2.90. The minimum Gasteiger partial charge on any atom is -0.462 e. The Morgan fingerprint density at radius 1 is 1.33 bits per heavy atom. The van der Waals surface area contributed by atoms with Gasteiger partial charge in [0.1, 0.15) is 0 Å². The highest BCUT2D eigenvalue weighted by Crippen LogP contribution is 2.24. The first-order chi connectivity index (χ1) is 12.6. The molecular formula is C18H24BrN3O4S. The summed E-state index contributed by atoms with van der Waals surface area (Å²) in [7, 11) is -3.72. The van der Waals surface area contributed by atoms with Gasteiger partial charge in [0, 0.05) is 23.3 Å². The highest BCUT2D eigenvalue weighted by atomic mass is 79.9. The van der Waals surface area contributed by atoms with E-state index in [0.717, 1.165) is 11.4 Å². The number of carbonyl (C=O) groups excluding carboxylic acids is 1. The summed E-state index contributed by atoms with van der Waals surface area (Å²) < 4.78 is 34.9. The van der Waals surface area contributed by atoms with Crippen LogP contribution in [0.15, 0.2) is 33.6 Å². The van der Waals surface area contributed by atoms with E-state index in [9.17, 15) is 13.2 Å². The molecule has 1 N–H and O–H groups in total. The summed E-state index contributed by atoms with van der Waals surface area (Å²) in [5.41, 5.74) is 2.27. The van der Waals surface area contributed by atoms with Gasteiger partial charge in [0.15, 0.2) is 0 Å². The standard InChI is InChI=1S/C18H24BrN3O4S/c1-5-26-18(23)15-6-7-17(16(19)9-15)27(24,25)20-10-12(2)11-22-14(4)8-13(3)21-22/h6-9,12,20H,5,10-11H2,1-4H3. The van der Waals surface area contributed by atoms with Crippen molar-refractivity contribution in [2.45, 2.75) is 39.1 Å². The normalized spacial score (nSPS) is 12.8. The van der Waals surface area contributed by atoms with Crippen LogP contribution in [0.2, 0.25) is 0 Å². The number of carbonyl (C=O) groups is 1. The fraction of sp³-hybridized carbons (Fsp3) is 0.444. The molecule has 148 valence electrons. The van der Waals surface area contributed by atoms with Gasteiger partial charge >= 0.3 is 5.97 Å². The first-order valence-electron chi connectivity index (χ1n) is 8.61. The second-order valence-electron chi connectivity index (χ2n) is 6.43. The van der Waals surface area contributed by atoms with Gasteiger partial charge in [0.05, 0.1) is 22.8 Å². The van der Waals surface area contributed by atoms with Crippen LogP contribution in [0.3, 0.4) is 0 Å². The Morgan fingerprint density at radius 2 is 2.04 bits per heavy atom. The van der Waals surface area contributed by atoms with Crippen LogP contribution in [0.4, 0.5) is 0 Å².